The summed E-state index contributed by atoms with van der Waals surface area (Å²) in [5.41, 5.74) is 28.2. The summed E-state index contributed by atoms with van der Waals surface area (Å²) in [6.07, 6.45) is 20.0. The van der Waals surface area contributed by atoms with Gasteiger partial charge in [0.25, 0.3) is 0 Å². The molecule has 0 spiro atoms. The van der Waals surface area contributed by atoms with Crippen molar-refractivity contribution in [2.24, 2.45) is 0 Å². The van der Waals surface area contributed by atoms with Gasteiger partial charge in [0.1, 0.15) is 17.2 Å². The fraction of sp³-hybridized carbons (Fsp3) is 0.223. The largest absolute Gasteiger partial charge is 0.423 e. The Morgan fingerprint density at radius 1 is 0.256 bits per heavy atom. The van der Waals surface area contributed by atoms with Crippen molar-refractivity contribution in [3.63, 3.8) is 0 Å². The molecule has 0 unspecified atom stereocenters. The molecule has 3 aliphatic rings. The molecule has 3 aliphatic carbocycles. The van der Waals surface area contributed by atoms with Gasteiger partial charge in [0.05, 0.1) is 0 Å². The van der Waals surface area contributed by atoms with Crippen LogP contribution < -0.4 is 28.9 Å². The van der Waals surface area contributed by atoms with Crippen LogP contribution in [0.2, 0.25) is 0 Å². The van der Waals surface area contributed by atoms with E-state index in [9.17, 15) is 14.4 Å². The van der Waals surface area contributed by atoms with E-state index < -0.39 is 17.9 Å². The molecule has 610 valence electrons. The average molecular weight is 1600 g/mol. The Morgan fingerprint density at radius 2 is 0.430 bits per heavy atom. The predicted molar refractivity (Wildman–Crippen MR) is 500 cm³/mol. The van der Waals surface area contributed by atoms with E-state index in [0.717, 1.165) is 89.7 Å². The van der Waals surface area contributed by atoms with Gasteiger partial charge in [-0.1, -0.05) is 281 Å². The van der Waals surface area contributed by atoms with Crippen LogP contribution in [-0.4, -0.2) is 17.9 Å². The summed E-state index contributed by atoms with van der Waals surface area (Å²) in [4.78, 5) is 42.3. The van der Waals surface area contributed by atoms with Crippen LogP contribution in [0.4, 0.5) is 51.2 Å². The van der Waals surface area contributed by atoms with Crippen LogP contribution in [0, 0.1) is 41.5 Å². The van der Waals surface area contributed by atoms with Crippen LogP contribution in [0.5, 0.6) is 17.2 Å². The smallest absolute Gasteiger partial charge is 0.338 e. The van der Waals surface area contributed by atoms with Gasteiger partial charge in [0.15, 0.2) is 0 Å². The molecular weight excluding hydrogens is 1480 g/mol. The van der Waals surface area contributed by atoms with Gasteiger partial charge in [-0.25, -0.2) is 14.4 Å². The third-order valence-corrected chi connectivity index (χ3v) is 24.7. The Labute approximate surface area is 717 Å². The van der Waals surface area contributed by atoms with Crippen molar-refractivity contribution in [2.75, 3.05) is 14.7 Å². The van der Waals surface area contributed by atoms with Crippen molar-refractivity contribution < 1.29 is 28.6 Å². The van der Waals surface area contributed by atoms with E-state index in [4.69, 9.17) is 14.2 Å². The zero-order valence-corrected chi connectivity index (χ0v) is 71.2. The second-order valence-corrected chi connectivity index (χ2v) is 33.2. The highest BCUT2D eigenvalue weighted by Crippen LogP contribution is 2.51. The summed E-state index contributed by atoms with van der Waals surface area (Å²) in [7, 11) is 0. The number of benzene rings is 13. The van der Waals surface area contributed by atoms with Gasteiger partial charge in [-0.2, -0.15) is 0 Å². The second-order valence-electron chi connectivity index (χ2n) is 33.2. The highest BCUT2D eigenvalue weighted by molar-refractivity contribution is 5.89. The summed E-state index contributed by atoms with van der Waals surface area (Å²) in [5, 5.41) is 0. The van der Waals surface area contributed by atoms with E-state index in [1.165, 1.54) is 148 Å². The third kappa shape index (κ3) is 19.9. The van der Waals surface area contributed by atoms with Gasteiger partial charge in [-0.3, -0.25) is 0 Å². The SMILES string of the molecule is C=C(C)C(=O)Oc1ccc(C2(c3ccc(N(c4ccc(C)cc4)c4ccc(C)cc4)cc3)CCCCC2)cc1.C=CC(=O)Oc1ccc(C2(c3ccc(N(c4ccc(C)cc4)c4ccc(-c5ccc(C)cc5)cc4)cc3)CCCCC2)cc1.C=CC(=O)Oc1ccc(C2(c3ccc(N(c4ccc(C)cc4)c4ccc(C)cc4)cc3)CCCCC2)cc1. The van der Waals surface area contributed by atoms with Gasteiger partial charge >= 0.3 is 17.9 Å². The fourth-order valence-electron chi connectivity index (χ4n) is 17.9. The number of esters is 3. The first-order valence-corrected chi connectivity index (χ1v) is 42.9. The number of hydrogen-bond donors (Lipinski definition) is 0. The highest BCUT2D eigenvalue weighted by atomic mass is 16.5. The summed E-state index contributed by atoms with van der Waals surface area (Å²) >= 11 is 0. The molecular formula is C112H111N3O6. The summed E-state index contributed by atoms with van der Waals surface area (Å²) in [6, 6.07) is 113. The maximum atomic E-state index is 12.0. The van der Waals surface area contributed by atoms with Crippen molar-refractivity contribution in [1.29, 1.82) is 0 Å². The van der Waals surface area contributed by atoms with Crippen LogP contribution in [0.1, 0.15) is 170 Å². The monoisotopic (exact) mass is 1590 g/mol. The molecule has 16 rings (SSSR count). The van der Waals surface area contributed by atoms with E-state index in [-0.39, 0.29) is 16.2 Å². The number of nitrogens with zero attached hydrogens (tertiary/aromatic N) is 3. The number of aryl methyl sites for hydroxylation is 6. The standard InChI is InChI=1S/C41H39NO2.C36H37NO2.C35H35NO2/c1-4-40(43)44-39-26-18-35(19-27-39)41(28-6-5-7-29-41)34-16-24-38(25-17-34)42(36-20-10-31(3)11-21-36)37-22-14-33(15-23-37)32-12-8-30(2)9-13-32;1-26(2)35(38)39-34-22-14-30(15-23-34)36(24-6-5-7-25-36)29-12-20-33(21-13-29)37(31-16-8-27(3)9-17-31)32-18-10-28(4)11-19-32;1-4-34(37)38-33-22-14-29(15-23-33)35(24-6-5-7-25-35)28-12-20-32(21-13-28)36(30-16-8-26(2)9-17-30)31-18-10-27(3)11-19-31/h4,8-27H,1,5-7,28-29H2,2-3H3;8-23H,1,5-7,24-25H2,2-4H3;4,8-23H,1,5-7,24-25H2,2-3H3. The molecule has 3 saturated carbocycles. The van der Waals surface area contributed by atoms with E-state index >= 15 is 0 Å². The normalized spacial score (nSPS) is 14.3. The molecule has 121 heavy (non-hydrogen) atoms. The summed E-state index contributed by atoms with van der Waals surface area (Å²) in [5.74, 6) is 0.377. The van der Waals surface area contributed by atoms with Crippen LogP contribution in [0.15, 0.2) is 353 Å². The zero-order valence-electron chi connectivity index (χ0n) is 71.2. The molecule has 0 saturated heterocycles. The minimum atomic E-state index is -0.441. The van der Waals surface area contributed by atoms with Gasteiger partial charge in [0.2, 0.25) is 0 Å². The summed E-state index contributed by atoms with van der Waals surface area (Å²) < 4.78 is 16.1. The Kier molecular flexibility index (Phi) is 27.0. The molecule has 3 fully saturated rings. The molecule has 0 atom stereocenters. The Hall–Kier alpha value is -13.1. The summed E-state index contributed by atoms with van der Waals surface area (Å²) in [6.45, 7) is 25.1. The third-order valence-electron chi connectivity index (χ3n) is 24.7. The van der Waals surface area contributed by atoms with Crippen LogP contribution in [0.3, 0.4) is 0 Å². The zero-order chi connectivity index (χ0) is 84.5. The van der Waals surface area contributed by atoms with Gasteiger partial charge in [0, 0.05) is 85.2 Å². The van der Waals surface area contributed by atoms with E-state index in [2.05, 4.69) is 355 Å². The first-order chi connectivity index (χ1) is 58.8. The number of hydrogen-bond acceptors (Lipinski definition) is 9. The molecule has 9 heteroatoms. The second kappa shape index (κ2) is 38.7. The molecule has 0 amide bonds. The van der Waals surface area contributed by atoms with Crippen molar-refractivity contribution in [1.82, 2.24) is 0 Å². The molecule has 0 aromatic heterocycles. The van der Waals surface area contributed by atoms with Gasteiger partial charge in [-0.15, -0.1) is 0 Å². The lowest BCUT2D eigenvalue weighted by Gasteiger charge is -2.39. The number of carbonyl (C=O) groups excluding carboxylic acids is 3. The van der Waals surface area contributed by atoms with Crippen LogP contribution in [0.25, 0.3) is 11.1 Å². The van der Waals surface area contributed by atoms with Crippen molar-refractivity contribution in [3.8, 4) is 28.4 Å². The number of rotatable bonds is 22. The lowest BCUT2D eigenvalue weighted by Crippen LogP contribution is -2.30. The molecule has 0 bridgehead atoms. The first-order valence-electron chi connectivity index (χ1n) is 42.9. The van der Waals surface area contributed by atoms with Crippen LogP contribution >= 0.6 is 0 Å². The quantitative estimate of drug-likeness (QED) is 0.0374. The predicted octanol–water partition coefficient (Wildman–Crippen LogP) is 29.4. The van der Waals surface area contributed by atoms with Crippen molar-refractivity contribution in [2.45, 2.75) is 161 Å². The van der Waals surface area contributed by atoms with Crippen molar-refractivity contribution >= 4 is 69.1 Å². The average Bonchev–Trinajstić information content (AvgIpc) is 0.768. The lowest BCUT2D eigenvalue weighted by molar-refractivity contribution is -0.130. The van der Waals surface area contributed by atoms with Gasteiger partial charge < -0.3 is 28.9 Å². The fourth-order valence-corrected chi connectivity index (χ4v) is 17.9. The molecule has 0 radical (unpaired) electrons. The van der Waals surface area contributed by atoms with Crippen LogP contribution in [-0.2, 0) is 30.6 Å². The topological polar surface area (TPSA) is 88.6 Å². The van der Waals surface area contributed by atoms with E-state index in [0.29, 0.717) is 22.8 Å². The molecule has 0 aliphatic heterocycles. The van der Waals surface area contributed by atoms with Gasteiger partial charge in [-0.05, 0) is 277 Å². The Balaban J connectivity index is 0.000000149. The van der Waals surface area contributed by atoms with E-state index in [1.807, 2.05) is 36.4 Å². The molecule has 9 nitrogen and oxygen atoms in total. The Bertz CT molecular complexity index is 5560. The maximum Gasteiger partial charge on any atom is 0.338 e. The highest BCUT2D eigenvalue weighted by Gasteiger charge is 2.39. The Morgan fingerprint density at radius 3 is 0.636 bits per heavy atom. The van der Waals surface area contributed by atoms with E-state index in [1.54, 1.807) is 6.92 Å². The first kappa shape index (κ1) is 84.3. The molecule has 13 aromatic rings. The minimum absolute atomic E-state index is 0.0453. The minimum Gasteiger partial charge on any atom is -0.423 e. The molecule has 0 heterocycles. The maximum absolute atomic E-state index is 12.0. The molecule has 0 N–H and O–H groups in total. The number of carbonyl (C=O) groups is 3. The number of ether oxygens (including phenoxy) is 3. The van der Waals surface area contributed by atoms with Crippen molar-refractivity contribution in [3.05, 3.63) is 420 Å². The lowest BCUT2D eigenvalue weighted by atomic mass is 9.65. The number of anilines is 9. The molecule has 13 aromatic carbocycles.